The molecule has 1 aliphatic heterocycles. The van der Waals surface area contributed by atoms with Crippen molar-refractivity contribution in [1.29, 1.82) is 0 Å². The quantitative estimate of drug-likeness (QED) is 0.435. The molecule has 12 heteroatoms. The third-order valence-corrected chi connectivity index (χ3v) is 6.03. The minimum Gasteiger partial charge on any atom is -0.353 e. The zero-order valence-corrected chi connectivity index (χ0v) is 18.4. The van der Waals surface area contributed by atoms with Crippen LogP contribution in [0.15, 0.2) is 45.8 Å². The molecule has 1 unspecified atom stereocenters. The van der Waals surface area contributed by atoms with E-state index in [0.29, 0.717) is 6.04 Å². The molecule has 9 nitrogen and oxygen atoms in total. The van der Waals surface area contributed by atoms with Gasteiger partial charge in [0, 0.05) is 24.3 Å². The van der Waals surface area contributed by atoms with Crippen LogP contribution >= 0.6 is 0 Å². The molecule has 1 aliphatic rings. The molecule has 0 N–H and O–H groups in total. The molecule has 1 atom stereocenters. The summed E-state index contributed by atoms with van der Waals surface area (Å²) in [7, 11) is 0. The molecule has 1 fully saturated rings. The Bertz CT molecular complexity index is 1370. The Morgan fingerprint density at radius 2 is 2.03 bits per heavy atom. The summed E-state index contributed by atoms with van der Waals surface area (Å²) in [5, 5.41) is 8.05. The van der Waals surface area contributed by atoms with Crippen molar-refractivity contribution in [2.75, 3.05) is 11.4 Å². The Morgan fingerprint density at radius 3 is 2.82 bits per heavy atom. The van der Waals surface area contributed by atoms with Gasteiger partial charge < -0.3 is 9.42 Å². The van der Waals surface area contributed by atoms with Crippen LogP contribution in [0, 0.1) is 0 Å². The smallest absolute Gasteiger partial charge is 0.353 e. The molecule has 178 valence electrons. The van der Waals surface area contributed by atoms with Crippen LogP contribution in [0.1, 0.15) is 44.1 Å². The largest absolute Gasteiger partial charge is 0.416 e. The first kappa shape index (κ1) is 22.1. The third kappa shape index (κ3) is 4.15. The minimum atomic E-state index is -4.48. The minimum absolute atomic E-state index is 0.00553. The van der Waals surface area contributed by atoms with Crippen LogP contribution in [0.2, 0.25) is 0 Å². The number of nitrogens with zero attached hydrogens (tertiary/aromatic N) is 7. The topological polar surface area (TPSA) is 94.3 Å². The molecule has 0 radical (unpaired) electrons. The average Bonchev–Trinajstić information content (AvgIpc) is 3.43. The van der Waals surface area contributed by atoms with Gasteiger partial charge in [0.05, 0.1) is 5.56 Å². The Balaban J connectivity index is 1.40. The summed E-state index contributed by atoms with van der Waals surface area (Å²) in [6.07, 6.45) is 1.57. The van der Waals surface area contributed by atoms with Crippen molar-refractivity contribution in [2.24, 2.45) is 0 Å². The number of fused-ring (bicyclic) bond motifs is 1. The van der Waals surface area contributed by atoms with Gasteiger partial charge in [0.1, 0.15) is 12.4 Å². The molecule has 0 bridgehead atoms. The van der Waals surface area contributed by atoms with Crippen molar-refractivity contribution >= 4 is 11.6 Å². The van der Waals surface area contributed by atoms with Gasteiger partial charge in [-0.05, 0) is 43.9 Å². The summed E-state index contributed by atoms with van der Waals surface area (Å²) >= 11 is 0. The van der Waals surface area contributed by atoms with Gasteiger partial charge in [0.15, 0.2) is 0 Å². The molecule has 0 amide bonds. The predicted molar refractivity (Wildman–Crippen MR) is 116 cm³/mol. The van der Waals surface area contributed by atoms with Gasteiger partial charge in [0.25, 0.3) is 5.78 Å². The highest BCUT2D eigenvalue weighted by atomic mass is 19.4. The van der Waals surface area contributed by atoms with Gasteiger partial charge >= 0.3 is 11.9 Å². The Kier molecular flexibility index (Phi) is 5.58. The van der Waals surface area contributed by atoms with Crippen molar-refractivity contribution in [3.05, 3.63) is 58.5 Å². The van der Waals surface area contributed by atoms with E-state index in [1.165, 1.54) is 23.0 Å². The summed E-state index contributed by atoms with van der Waals surface area (Å²) in [6.45, 7) is 2.93. The highest BCUT2D eigenvalue weighted by Crippen LogP contribution is 2.31. The molecule has 1 saturated heterocycles. The highest BCUT2D eigenvalue weighted by Gasteiger charge is 2.31. The number of alkyl halides is 3. The van der Waals surface area contributed by atoms with E-state index in [2.05, 4.69) is 32.0 Å². The second-order valence-electron chi connectivity index (χ2n) is 8.24. The first-order valence-electron chi connectivity index (χ1n) is 11.1. The Hall–Kier alpha value is -3.70. The van der Waals surface area contributed by atoms with Gasteiger partial charge in [-0.25, -0.2) is 13.9 Å². The number of hydrogen-bond acceptors (Lipinski definition) is 7. The number of rotatable bonds is 5. The molecule has 3 aromatic heterocycles. The van der Waals surface area contributed by atoms with Crippen LogP contribution in [0.4, 0.5) is 19.0 Å². The number of benzene rings is 1. The van der Waals surface area contributed by atoms with Crippen molar-refractivity contribution in [3.8, 4) is 11.4 Å². The zero-order valence-electron chi connectivity index (χ0n) is 18.4. The van der Waals surface area contributed by atoms with Gasteiger partial charge in [-0.15, -0.1) is 5.10 Å². The lowest BCUT2D eigenvalue weighted by Gasteiger charge is -2.36. The van der Waals surface area contributed by atoms with Gasteiger partial charge in [-0.1, -0.05) is 24.2 Å². The lowest BCUT2D eigenvalue weighted by atomic mass is 10.0. The fourth-order valence-electron chi connectivity index (χ4n) is 4.29. The lowest BCUT2D eigenvalue weighted by molar-refractivity contribution is -0.137. The van der Waals surface area contributed by atoms with Crippen LogP contribution in [0.25, 0.3) is 17.2 Å². The number of anilines is 1. The summed E-state index contributed by atoms with van der Waals surface area (Å²) in [5.74, 6) is 1.07. The molecule has 0 spiro atoms. The Morgan fingerprint density at radius 1 is 1.18 bits per heavy atom. The van der Waals surface area contributed by atoms with E-state index in [-0.39, 0.29) is 29.6 Å². The first-order valence-corrected chi connectivity index (χ1v) is 11.1. The van der Waals surface area contributed by atoms with Crippen LogP contribution in [0.5, 0.6) is 0 Å². The van der Waals surface area contributed by atoms with Crippen molar-refractivity contribution in [1.82, 2.24) is 29.3 Å². The lowest BCUT2D eigenvalue weighted by Crippen LogP contribution is -2.39. The zero-order chi connectivity index (χ0) is 23.9. The maximum Gasteiger partial charge on any atom is 0.416 e. The maximum absolute atomic E-state index is 13.0. The number of halogens is 3. The van der Waals surface area contributed by atoms with Gasteiger partial charge in [-0.3, -0.25) is 0 Å². The van der Waals surface area contributed by atoms with Crippen molar-refractivity contribution < 1.29 is 17.7 Å². The molecule has 4 aromatic rings. The molecular formula is C22H22F3N7O2. The molecule has 1 aromatic carbocycles. The van der Waals surface area contributed by atoms with Crippen molar-refractivity contribution in [3.63, 3.8) is 0 Å². The molecule has 0 saturated carbocycles. The van der Waals surface area contributed by atoms with E-state index in [1.54, 1.807) is 6.20 Å². The number of piperidine rings is 1. The van der Waals surface area contributed by atoms with Crippen LogP contribution in [-0.4, -0.2) is 41.9 Å². The molecule has 34 heavy (non-hydrogen) atoms. The monoisotopic (exact) mass is 473 g/mol. The first-order chi connectivity index (χ1) is 16.3. The van der Waals surface area contributed by atoms with Gasteiger partial charge in [-0.2, -0.15) is 23.1 Å². The summed E-state index contributed by atoms with van der Waals surface area (Å²) in [5.41, 5.74) is -1.09. The normalized spacial score (nSPS) is 16.9. The van der Waals surface area contributed by atoms with Crippen LogP contribution in [-0.2, 0) is 12.7 Å². The standard InChI is InChI=1S/C22H22F3N7O2/c1-2-16-8-3-4-10-30(16)17-9-11-31-20(26-17)28-32(21(31)33)13-18-27-19(29-34-18)14-6-5-7-15(12-14)22(23,24)25/h5-7,9,11-12,16H,2-4,8,10,13H2,1H3. The molecule has 0 aliphatic carbocycles. The number of aromatic nitrogens is 6. The van der Waals surface area contributed by atoms with E-state index in [0.717, 1.165) is 48.4 Å². The maximum atomic E-state index is 13.0. The highest BCUT2D eigenvalue weighted by molar-refractivity contribution is 5.55. The summed E-state index contributed by atoms with van der Waals surface area (Å²) < 4.78 is 46.6. The number of hydrogen-bond donors (Lipinski definition) is 0. The van der Waals surface area contributed by atoms with E-state index in [4.69, 9.17) is 4.52 Å². The molecule has 5 rings (SSSR count). The fraction of sp³-hybridized carbons (Fsp3) is 0.409. The third-order valence-electron chi connectivity index (χ3n) is 6.03. The second-order valence-corrected chi connectivity index (χ2v) is 8.24. The van der Waals surface area contributed by atoms with E-state index < -0.39 is 17.4 Å². The SMILES string of the molecule is CCC1CCCCN1c1ccn2c(=O)n(Cc3nc(-c4cccc(C(F)(F)F)c4)no3)nc2n1. The van der Waals surface area contributed by atoms with Gasteiger partial charge in [0.2, 0.25) is 11.7 Å². The summed E-state index contributed by atoms with van der Waals surface area (Å²) in [6, 6.07) is 6.86. The second kappa shape index (κ2) is 8.58. The summed E-state index contributed by atoms with van der Waals surface area (Å²) in [4.78, 5) is 23.8. The predicted octanol–water partition coefficient (Wildman–Crippen LogP) is 3.78. The fourth-order valence-corrected chi connectivity index (χ4v) is 4.29. The van der Waals surface area contributed by atoms with E-state index >= 15 is 0 Å². The van der Waals surface area contributed by atoms with E-state index in [9.17, 15) is 18.0 Å². The average molecular weight is 473 g/mol. The molecular weight excluding hydrogens is 451 g/mol. The van der Waals surface area contributed by atoms with E-state index in [1.807, 2.05) is 6.07 Å². The molecule has 4 heterocycles. The van der Waals surface area contributed by atoms with Crippen LogP contribution in [0.3, 0.4) is 0 Å². The Labute approximate surface area is 191 Å². The van der Waals surface area contributed by atoms with Crippen molar-refractivity contribution in [2.45, 2.75) is 51.4 Å². The van der Waals surface area contributed by atoms with Crippen LogP contribution < -0.4 is 10.6 Å².